The van der Waals surface area contributed by atoms with Crippen molar-refractivity contribution in [3.05, 3.63) is 41.5 Å². The van der Waals surface area contributed by atoms with Crippen molar-refractivity contribution >= 4 is 0 Å². The van der Waals surface area contributed by atoms with E-state index in [0.29, 0.717) is 5.92 Å². The minimum absolute atomic E-state index is 0.589. The molecular formula is C14H18O. The predicted octanol–water partition coefficient (Wildman–Crippen LogP) is 3.91. The summed E-state index contributed by atoms with van der Waals surface area (Å²) in [6, 6.07) is 8.38. The zero-order valence-electron chi connectivity index (χ0n) is 9.49. The van der Waals surface area contributed by atoms with Crippen molar-refractivity contribution in [2.45, 2.75) is 32.1 Å². The Hall–Kier alpha value is -1.24. The van der Waals surface area contributed by atoms with Gasteiger partial charge in [0.15, 0.2) is 0 Å². The van der Waals surface area contributed by atoms with E-state index in [1.807, 2.05) is 6.07 Å². The quantitative estimate of drug-likeness (QED) is 0.661. The van der Waals surface area contributed by atoms with Gasteiger partial charge in [-0.1, -0.05) is 29.8 Å². The molecule has 0 spiro atoms. The fourth-order valence-electron chi connectivity index (χ4n) is 2.52. The third kappa shape index (κ3) is 1.92. The Morgan fingerprint density at radius 1 is 1.33 bits per heavy atom. The Kier molecular flexibility index (Phi) is 3.10. The molecule has 0 N–H and O–H groups in total. The van der Waals surface area contributed by atoms with Gasteiger partial charge in [-0.2, -0.15) is 0 Å². The maximum Gasteiger partial charge on any atom is 0.122 e. The van der Waals surface area contributed by atoms with Gasteiger partial charge in [-0.3, -0.25) is 0 Å². The van der Waals surface area contributed by atoms with Crippen LogP contribution in [0.25, 0.3) is 0 Å². The molecule has 2 rings (SSSR count). The van der Waals surface area contributed by atoms with Gasteiger partial charge in [-0.15, -0.1) is 0 Å². The lowest BCUT2D eigenvalue weighted by molar-refractivity contribution is 0.407. The molecular weight excluding hydrogens is 184 g/mol. The Bertz CT molecular complexity index is 365. The Labute approximate surface area is 91.8 Å². The number of allylic oxidation sites excluding steroid dienone is 2. The average Bonchev–Trinajstić information content (AvgIpc) is 2.76. The molecule has 80 valence electrons. The van der Waals surface area contributed by atoms with Gasteiger partial charge in [0.1, 0.15) is 5.75 Å². The highest BCUT2D eigenvalue weighted by Gasteiger charge is 2.24. The number of methoxy groups -OCH3 is 1. The van der Waals surface area contributed by atoms with Crippen LogP contribution in [0.4, 0.5) is 0 Å². The summed E-state index contributed by atoms with van der Waals surface area (Å²) in [6.45, 7) is 2.14. The Morgan fingerprint density at radius 2 is 2.13 bits per heavy atom. The molecule has 1 heteroatoms. The van der Waals surface area contributed by atoms with E-state index < -0.39 is 0 Å². The highest BCUT2D eigenvalue weighted by atomic mass is 16.5. The molecule has 0 aromatic heterocycles. The molecule has 1 aliphatic rings. The number of hydrogen-bond donors (Lipinski definition) is 0. The highest BCUT2D eigenvalue weighted by molar-refractivity contribution is 5.41. The summed E-state index contributed by atoms with van der Waals surface area (Å²) in [7, 11) is 1.75. The first kappa shape index (κ1) is 10.3. The molecule has 0 radical (unpaired) electrons. The van der Waals surface area contributed by atoms with Gasteiger partial charge in [0.25, 0.3) is 0 Å². The second-order valence-corrected chi connectivity index (χ2v) is 4.05. The Balaban J connectivity index is 2.36. The third-order valence-corrected chi connectivity index (χ3v) is 3.29. The summed E-state index contributed by atoms with van der Waals surface area (Å²) in [6.07, 6.45) is 6.09. The van der Waals surface area contributed by atoms with Crippen LogP contribution in [0.15, 0.2) is 35.9 Å². The van der Waals surface area contributed by atoms with Crippen molar-refractivity contribution in [3.8, 4) is 5.75 Å². The maximum absolute atomic E-state index is 5.42. The predicted molar refractivity (Wildman–Crippen MR) is 63.3 cm³/mol. The SMILES string of the molecule is CC=C1CCCC1c1ccccc1OC. The van der Waals surface area contributed by atoms with Crippen molar-refractivity contribution in [1.29, 1.82) is 0 Å². The number of rotatable bonds is 2. The van der Waals surface area contributed by atoms with Crippen LogP contribution in [0, 0.1) is 0 Å². The average molecular weight is 202 g/mol. The minimum Gasteiger partial charge on any atom is -0.496 e. The molecule has 1 nitrogen and oxygen atoms in total. The highest BCUT2D eigenvalue weighted by Crippen LogP contribution is 2.42. The van der Waals surface area contributed by atoms with Crippen molar-refractivity contribution in [3.63, 3.8) is 0 Å². The van der Waals surface area contributed by atoms with E-state index in [9.17, 15) is 0 Å². The summed E-state index contributed by atoms with van der Waals surface area (Å²) in [5.74, 6) is 1.62. The van der Waals surface area contributed by atoms with Crippen molar-refractivity contribution in [2.75, 3.05) is 7.11 Å². The number of hydrogen-bond acceptors (Lipinski definition) is 1. The van der Waals surface area contributed by atoms with Crippen LogP contribution < -0.4 is 4.74 Å². The molecule has 0 aliphatic heterocycles. The van der Waals surface area contributed by atoms with Gasteiger partial charge in [0.2, 0.25) is 0 Å². The molecule has 1 fully saturated rings. The van der Waals surface area contributed by atoms with Crippen molar-refractivity contribution < 1.29 is 4.74 Å². The first-order valence-electron chi connectivity index (χ1n) is 5.64. The van der Waals surface area contributed by atoms with E-state index in [1.54, 1.807) is 12.7 Å². The van der Waals surface area contributed by atoms with Crippen LogP contribution >= 0.6 is 0 Å². The largest absolute Gasteiger partial charge is 0.496 e. The summed E-state index contributed by atoms with van der Waals surface area (Å²) in [4.78, 5) is 0. The molecule has 15 heavy (non-hydrogen) atoms. The zero-order chi connectivity index (χ0) is 10.7. The zero-order valence-corrected chi connectivity index (χ0v) is 9.49. The fourth-order valence-corrected chi connectivity index (χ4v) is 2.52. The maximum atomic E-state index is 5.42. The molecule has 1 unspecified atom stereocenters. The van der Waals surface area contributed by atoms with Gasteiger partial charge in [-0.25, -0.2) is 0 Å². The first-order chi connectivity index (χ1) is 7.36. The van der Waals surface area contributed by atoms with Crippen LogP contribution in [0.1, 0.15) is 37.7 Å². The summed E-state index contributed by atoms with van der Waals surface area (Å²) >= 11 is 0. The van der Waals surface area contributed by atoms with Crippen molar-refractivity contribution in [2.24, 2.45) is 0 Å². The summed E-state index contributed by atoms with van der Waals surface area (Å²) in [5.41, 5.74) is 2.92. The minimum atomic E-state index is 0.589. The van der Waals surface area contributed by atoms with Gasteiger partial charge in [0.05, 0.1) is 7.11 Å². The van der Waals surface area contributed by atoms with E-state index >= 15 is 0 Å². The van der Waals surface area contributed by atoms with E-state index in [0.717, 1.165) is 5.75 Å². The van der Waals surface area contributed by atoms with Crippen LogP contribution in [0.2, 0.25) is 0 Å². The number of benzene rings is 1. The smallest absolute Gasteiger partial charge is 0.122 e. The number of para-hydroxylation sites is 1. The van der Waals surface area contributed by atoms with Crippen LogP contribution in [0.5, 0.6) is 5.75 Å². The van der Waals surface area contributed by atoms with E-state index in [1.165, 1.54) is 24.8 Å². The third-order valence-electron chi connectivity index (χ3n) is 3.29. The summed E-state index contributed by atoms with van der Waals surface area (Å²) in [5, 5.41) is 0. The van der Waals surface area contributed by atoms with Gasteiger partial charge in [-0.05, 0) is 32.3 Å². The molecule has 1 atom stereocenters. The monoisotopic (exact) mass is 202 g/mol. The second-order valence-electron chi connectivity index (χ2n) is 4.05. The second kappa shape index (κ2) is 4.52. The van der Waals surface area contributed by atoms with Crippen LogP contribution in [-0.4, -0.2) is 7.11 Å². The van der Waals surface area contributed by atoms with Crippen LogP contribution in [-0.2, 0) is 0 Å². The van der Waals surface area contributed by atoms with Gasteiger partial charge < -0.3 is 4.74 Å². The van der Waals surface area contributed by atoms with E-state index in [-0.39, 0.29) is 0 Å². The summed E-state index contributed by atoms with van der Waals surface area (Å²) < 4.78 is 5.42. The normalized spacial score (nSPS) is 23.3. The first-order valence-corrected chi connectivity index (χ1v) is 5.64. The van der Waals surface area contributed by atoms with Gasteiger partial charge in [0, 0.05) is 11.5 Å². The lowest BCUT2D eigenvalue weighted by atomic mass is 9.93. The molecule has 1 aromatic carbocycles. The topological polar surface area (TPSA) is 9.23 Å². The Morgan fingerprint density at radius 3 is 2.87 bits per heavy atom. The van der Waals surface area contributed by atoms with Crippen molar-refractivity contribution in [1.82, 2.24) is 0 Å². The molecule has 0 saturated heterocycles. The van der Waals surface area contributed by atoms with E-state index in [2.05, 4.69) is 31.2 Å². The molecule has 0 amide bonds. The van der Waals surface area contributed by atoms with Crippen LogP contribution in [0.3, 0.4) is 0 Å². The fraction of sp³-hybridized carbons (Fsp3) is 0.429. The van der Waals surface area contributed by atoms with Gasteiger partial charge >= 0.3 is 0 Å². The lowest BCUT2D eigenvalue weighted by Gasteiger charge is -2.15. The molecule has 0 heterocycles. The molecule has 1 aliphatic carbocycles. The molecule has 1 aromatic rings. The van der Waals surface area contributed by atoms with E-state index in [4.69, 9.17) is 4.74 Å². The molecule has 0 bridgehead atoms. The number of ether oxygens (including phenoxy) is 1. The molecule has 1 saturated carbocycles. The standard InChI is InChI=1S/C14H18O/c1-3-11-7-6-9-12(11)13-8-4-5-10-14(13)15-2/h3-5,8,10,12H,6-7,9H2,1-2H3. The lowest BCUT2D eigenvalue weighted by Crippen LogP contribution is -1.98.